The third kappa shape index (κ3) is 4.12. The molecule has 0 amide bonds. The third-order valence-electron chi connectivity index (χ3n) is 5.81. The number of nitriles is 1. The summed E-state index contributed by atoms with van der Waals surface area (Å²) in [4.78, 5) is 11.8. The fraction of sp³-hybridized carbons (Fsp3) is 0.545. The van der Waals surface area contributed by atoms with Crippen LogP contribution in [0.3, 0.4) is 0 Å². The van der Waals surface area contributed by atoms with Gasteiger partial charge in [0.05, 0.1) is 23.3 Å². The Morgan fingerprint density at radius 2 is 2.07 bits per heavy atom. The summed E-state index contributed by atoms with van der Waals surface area (Å²) >= 11 is 0. The summed E-state index contributed by atoms with van der Waals surface area (Å²) in [6, 6.07) is 10.2. The van der Waals surface area contributed by atoms with Crippen LogP contribution in [0.5, 0.6) is 0 Å². The van der Waals surface area contributed by atoms with E-state index in [2.05, 4.69) is 51.9 Å². The van der Waals surface area contributed by atoms with Gasteiger partial charge in [0.2, 0.25) is 0 Å². The van der Waals surface area contributed by atoms with Crippen LogP contribution in [-0.2, 0) is 4.74 Å². The highest BCUT2D eigenvalue weighted by Crippen LogP contribution is 2.30. The topological polar surface area (TPSA) is 55.6 Å². The molecular weight excluding hydrogens is 350 g/mol. The lowest BCUT2D eigenvalue weighted by Gasteiger charge is -2.40. The second kappa shape index (κ2) is 8.44. The number of hydrogen-bond acceptors (Lipinski definition) is 6. The van der Waals surface area contributed by atoms with Crippen LogP contribution in [0.2, 0.25) is 0 Å². The monoisotopic (exact) mass is 379 g/mol. The second-order valence-corrected chi connectivity index (χ2v) is 8.07. The van der Waals surface area contributed by atoms with E-state index in [1.165, 1.54) is 13.0 Å². The first-order valence-corrected chi connectivity index (χ1v) is 10.2. The maximum atomic E-state index is 9.41. The number of rotatable bonds is 3. The lowest BCUT2D eigenvalue weighted by atomic mass is 10.1. The maximum Gasteiger partial charge on any atom is 0.101 e. The molecule has 0 saturated carbocycles. The molecule has 2 aliphatic heterocycles. The number of benzene rings is 1. The molecule has 6 heteroatoms. The minimum absolute atomic E-state index is 0.177. The molecule has 0 unspecified atom stereocenters. The molecule has 2 fully saturated rings. The van der Waals surface area contributed by atoms with Crippen LogP contribution in [0.4, 0.5) is 5.69 Å². The first kappa shape index (κ1) is 19.1. The minimum atomic E-state index is 0.177. The van der Waals surface area contributed by atoms with Crippen molar-refractivity contribution in [3.8, 4) is 6.07 Å². The number of morpholine rings is 1. The highest BCUT2D eigenvalue weighted by Gasteiger charge is 2.28. The summed E-state index contributed by atoms with van der Waals surface area (Å²) < 4.78 is 6.30. The van der Waals surface area contributed by atoms with E-state index in [4.69, 9.17) is 4.74 Å². The summed E-state index contributed by atoms with van der Waals surface area (Å²) in [6.45, 7) is 9.39. The molecule has 1 aromatic carbocycles. The molecule has 148 valence electrons. The molecular formula is C22H29N5O. The molecule has 1 aromatic heterocycles. The minimum Gasteiger partial charge on any atom is -0.370 e. The maximum absolute atomic E-state index is 9.41. The van der Waals surface area contributed by atoms with Crippen LogP contribution >= 0.6 is 0 Å². The predicted molar refractivity (Wildman–Crippen MR) is 112 cm³/mol. The van der Waals surface area contributed by atoms with Gasteiger partial charge < -0.3 is 14.5 Å². The quantitative estimate of drug-likeness (QED) is 0.816. The molecule has 0 bridgehead atoms. The van der Waals surface area contributed by atoms with E-state index >= 15 is 0 Å². The van der Waals surface area contributed by atoms with Crippen LogP contribution in [-0.4, -0.2) is 79.9 Å². The molecule has 0 N–H and O–H groups in total. The smallest absolute Gasteiger partial charge is 0.101 e. The zero-order valence-corrected chi connectivity index (χ0v) is 16.8. The van der Waals surface area contributed by atoms with Gasteiger partial charge in [-0.1, -0.05) is 0 Å². The van der Waals surface area contributed by atoms with Gasteiger partial charge in [0, 0.05) is 50.0 Å². The third-order valence-corrected chi connectivity index (χ3v) is 5.81. The fourth-order valence-corrected chi connectivity index (χ4v) is 4.44. The zero-order chi connectivity index (χ0) is 19.5. The average molecular weight is 380 g/mol. The van der Waals surface area contributed by atoms with E-state index in [-0.39, 0.29) is 12.2 Å². The van der Waals surface area contributed by atoms with Crippen molar-refractivity contribution in [3.63, 3.8) is 0 Å². The number of nitrogens with zero attached hydrogens (tertiary/aromatic N) is 5. The number of anilines is 1. The van der Waals surface area contributed by atoms with E-state index in [1.54, 1.807) is 6.20 Å². The van der Waals surface area contributed by atoms with E-state index in [1.807, 2.05) is 12.1 Å². The standard InChI is InChI=1S/C22H29N5O/c1-17-14-27(16-19(28-17)15-26-10-4-9-25(2)11-12-26)21-7-6-18(13-23)22-20(21)5-3-8-24-22/h3,5-8,17,19H,4,9-12,14-16H2,1-2H3/t17-,19+/m1/s1. The van der Waals surface area contributed by atoms with Crippen molar-refractivity contribution in [1.29, 1.82) is 5.26 Å². The number of ether oxygens (including phenoxy) is 1. The number of hydrogen-bond donors (Lipinski definition) is 0. The van der Waals surface area contributed by atoms with Crippen LogP contribution in [0.25, 0.3) is 10.9 Å². The van der Waals surface area contributed by atoms with E-state index in [0.29, 0.717) is 5.56 Å². The Hall–Kier alpha value is -2.20. The van der Waals surface area contributed by atoms with Crippen molar-refractivity contribution in [1.82, 2.24) is 14.8 Å². The van der Waals surface area contributed by atoms with Gasteiger partial charge in [0.25, 0.3) is 0 Å². The lowest BCUT2D eigenvalue weighted by molar-refractivity contribution is -0.0316. The Labute approximate surface area is 167 Å². The first-order chi connectivity index (χ1) is 13.6. The normalized spacial score (nSPS) is 24.8. The Morgan fingerprint density at radius 1 is 1.18 bits per heavy atom. The number of likely N-dealkylation sites (N-methyl/N-ethyl adjacent to an activating group) is 1. The first-order valence-electron chi connectivity index (χ1n) is 10.2. The highest BCUT2D eigenvalue weighted by molar-refractivity contribution is 5.95. The molecule has 2 atom stereocenters. The average Bonchev–Trinajstić information content (AvgIpc) is 2.90. The number of fused-ring (bicyclic) bond motifs is 1. The lowest BCUT2D eigenvalue weighted by Crippen LogP contribution is -2.51. The van der Waals surface area contributed by atoms with Crippen LogP contribution in [0.1, 0.15) is 18.9 Å². The van der Waals surface area contributed by atoms with E-state index in [9.17, 15) is 5.26 Å². The van der Waals surface area contributed by atoms with Crippen molar-refractivity contribution in [3.05, 3.63) is 36.0 Å². The molecule has 6 nitrogen and oxygen atoms in total. The molecule has 28 heavy (non-hydrogen) atoms. The van der Waals surface area contributed by atoms with Crippen molar-refractivity contribution >= 4 is 16.6 Å². The SMILES string of the molecule is C[C@@H]1CN(c2ccc(C#N)c3ncccc23)C[C@H](CN2CCCN(C)CC2)O1. The van der Waals surface area contributed by atoms with Crippen molar-refractivity contribution in [2.24, 2.45) is 0 Å². The summed E-state index contributed by atoms with van der Waals surface area (Å²) in [7, 11) is 2.20. The fourth-order valence-electron chi connectivity index (χ4n) is 4.44. The number of pyridine rings is 1. The molecule has 2 aliphatic rings. The Bertz CT molecular complexity index is 864. The summed E-state index contributed by atoms with van der Waals surface area (Å²) in [6.07, 6.45) is 3.34. The van der Waals surface area contributed by atoms with Crippen molar-refractivity contribution < 1.29 is 4.74 Å². The highest BCUT2D eigenvalue weighted by atomic mass is 16.5. The van der Waals surface area contributed by atoms with Crippen molar-refractivity contribution in [2.45, 2.75) is 25.6 Å². The number of aromatic nitrogens is 1. The van der Waals surface area contributed by atoms with Crippen LogP contribution in [0, 0.1) is 11.3 Å². The second-order valence-electron chi connectivity index (χ2n) is 8.07. The van der Waals surface area contributed by atoms with Gasteiger partial charge in [-0.05, 0) is 57.7 Å². The van der Waals surface area contributed by atoms with Gasteiger partial charge in [-0.3, -0.25) is 9.88 Å². The van der Waals surface area contributed by atoms with Crippen LogP contribution < -0.4 is 4.90 Å². The van der Waals surface area contributed by atoms with Gasteiger partial charge in [0.15, 0.2) is 0 Å². The summed E-state index contributed by atoms with van der Waals surface area (Å²) in [5.74, 6) is 0. The van der Waals surface area contributed by atoms with Gasteiger partial charge >= 0.3 is 0 Å². The van der Waals surface area contributed by atoms with Crippen molar-refractivity contribution in [2.75, 3.05) is 57.8 Å². The molecule has 0 spiro atoms. The predicted octanol–water partition coefficient (Wildman–Crippen LogP) is 2.34. The Kier molecular flexibility index (Phi) is 5.77. The largest absolute Gasteiger partial charge is 0.370 e. The van der Waals surface area contributed by atoms with E-state index < -0.39 is 0 Å². The zero-order valence-electron chi connectivity index (χ0n) is 16.8. The van der Waals surface area contributed by atoms with Crippen LogP contribution in [0.15, 0.2) is 30.5 Å². The molecule has 3 heterocycles. The molecule has 0 aliphatic carbocycles. The van der Waals surface area contributed by atoms with Gasteiger partial charge in [-0.15, -0.1) is 0 Å². The molecule has 2 aromatic rings. The van der Waals surface area contributed by atoms with Gasteiger partial charge in [0.1, 0.15) is 6.07 Å². The van der Waals surface area contributed by atoms with Gasteiger partial charge in [-0.2, -0.15) is 5.26 Å². The molecule has 2 saturated heterocycles. The molecule has 0 radical (unpaired) electrons. The van der Waals surface area contributed by atoms with E-state index in [0.717, 1.165) is 55.9 Å². The molecule has 4 rings (SSSR count). The summed E-state index contributed by atoms with van der Waals surface area (Å²) in [5, 5.41) is 10.5. The Balaban J connectivity index is 1.54. The van der Waals surface area contributed by atoms with Gasteiger partial charge in [-0.25, -0.2) is 0 Å². The Morgan fingerprint density at radius 3 is 2.93 bits per heavy atom. The summed E-state index contributed by atoms with van der Waals surface area (Å²) in [5.41, 5.74) is 2.57.